The highest BCUT2D eigenvalue weighted by Gasteiger charge is 2.31. The highest BCUT2D eigenvalue weighted by molar-refractivity contribution is 6.33. The van der Waals surface area contributed by atoms with Crippen LogP contribution in [0.15, 0.2) is 42.5 Å². The molecule has 3 nitrogen and oxygen atoms in total. The molecule has 0 aliphatic rings. The minimum atomic E-state index is -4.52. The Morgan fingerprint density at radius 1 is 1.12 bits per heavy atom. The smallest absolute Gasteiger partial charge is 0.384 e. The van der Waals surface area contributed by atoms with Gasteiger partial charge in [0.2, 0.25) is 5.91 Å². The molecule has 0 aliphatic carbocycles. The van der Waals surface area contributed by atoms with Crippen molar-refractivity contribution in [3.63, 3.8) is 0 Å². The number of nitrogens with one attached hydrogen (secondary N) is 2. The zero-order valence-corrected chi connectivity index (χ0v) is 13.0. The van der Waals surface area contributed by atoms with Gasteiger partial charge in [-0.1, -0.05) is 17.7 Å². The van der Waals surface area contributed by atoms with Crippen molar-refractivity contribution < 1.29 is 22.4 Å². The zero-order chi connectivity index (χ0) is 17.7. The average Bonchev–Trinajstić information content (AvgIpc) is 2.48. The maximum atomic E-state index is 13.0. The summed E-state index contributed by atoms with van der Waals surface area (Å²) >= 11 is 5.80. The first-order valence-corrected chi connectivity index (χ1v) is 7.29. The number of carbonyl (C=O) groups excluding carboxylic acids is 1. The van der Waals surface area contributed by atoms with E-state index in [1.165, 1.54) is 18.2 Å². The summed E-state index contributed by atoms with van der Waals surface area (Å²) in [6, 6.07) is 8.38. The molecule has 2 N–H and O–H groups in total. The Morgan fingerprint density at radius 2 is 1.88 bits per heavy atom. The van der Waals surface area contributed by atoms with Crippen molar-refractivity contribution in [2.24, 2.45) is 0 Å². The molecule has 0 aromatic heterocycles. The fourth-order valence-corrected chi connectivity index (χ4v) is 2.09. The molecular formula is C16H13ClF4N2O. The van der Waals surface area contributed by atoms with Crippen LogP contribution in [0.2, 0.25) is 5.02 Å². The third-order valence-corrected chi connectivity index (χ3v) is 3.40. The van der Waals surface area contributed by atoms with E-state index < -0.39 is 23.5 Å². The van der Waals surface area contributed by atoms with Gasteiger partial charge < -0.3 is 10.6 Å². The van der Waals surface area contributed by atoms with Gasteiger partial charge in [0, 0.05) is 18.7 Å². The Hall–Kier alpha value is -2.28. The van der Waals surface area contributed by atoms with Crippen molar-refractivity contribution in [3.8, 4) is 0 Å². The van der Waals surface area contributed by atoms with E-state index in [4.69, 9.17) is 11.6 Å². The molecule has 128 valence electrons. The van der Waals surface area contributed by atoms with Gasteiger partial charge in [0.1, 0.15) is 5.82 Å². The fraction of sp³-hybridized carbons (Fsp3) is 0.188. The molecule has 24 heavy (non-hydrogen) atoms. The van der Waals surface area contributed by atoms with E-state index >= 15 is 0 Å². The quantitative estimate of drug-likeness (QED) is 0.742. The van der Waals surface area contributed by atoms with Crippen LogP contribution in [0.3, 0.4) is 0 Å². The molecule has 0 spiro atoms. The minimum Gasteiger partial charge on any atom is -0.384 e. The number of hydrogen-bond donors (Lipinski definition) is 2. The van der Waals surface area contributed by atoms with Gasteiger partial charge in [-0.3, -0.25) is 4.79 Å². The molecule has 8 heteroatoms. The van der Waals surface area contributed by atoms with E-state index in [2.05, 4.69) is 10.6 Å². The van der Waals surface area contributed by atoms with Crippen LogP contribution in [0, 0.1) is 5.82 Å². The second-order valence-corrected chi connectivity index (χ2v) is 5.33. The molecule has 1 amide bonds. The van der Waals surface area contributed by atoms with Crippen LogP contribution in [0.1, 0.15) is 12.0 Å². The summed E-state index contributed by atoms with van der Waals surface area (Å²) in [4.78, 5) is 11.8. The highest BCUT2D eigenvalue weighted by atomic mass is 35.5. The standard InChI is InChI=1S/C16H13ClF4N2O/c17-13-5-4-10(16(19,20)21)8-14(13)23-15(24)6-7-22-12-3-1-2-11(18)9-12/h1-5,8-9,22H,6-7H2,(H,23,24). The van der Waals surface area contributed by atoms with Crippen LogP contribution >= 0.6 is 11.6 Å². The Balaban J connectivity index is 1.92. The van der Waals surface area contributed by atoms with E-state index in [9.17, 15) is 22.4 Å². The third kappa shape index (κ3) is 5.13. The van der Waals surface area contributed by atoms with Gasteiger partial charge >= 0.3 is 6.18 Å². The topological polar surface area (TPSA) is 41.1 Å². The number of anilines is 2. The van der Waals surface area contributed by atoms with Crippen molar-refractivity contribution in [1.29, 1.82) is 0 Å². The lowest BCUT2D eigenvalue weighted by atomic mass is 10.2. The molecule has 0 atom stereocenters. The Morgan fingerprint density at radius 3 is 2.54 bits per heavy atom. The maximum absolute atomic E-state index is 13.0. The Bertz CT molecular complexity index is 734. The van der Waals surface area contributed by atoms with Crippen LogP contribution in [0.25, 0.3) is 0 Å². The first kappa shape index (κ1) is 18.1. The second kappa shape index (κ2) is 7.53. The van der Waals surface area contributed by atoms with Gasteiger partial charge in [-0.25, -0.2) is 4.39 Å². The van der Waals surface area contributed by atoms with E-state index in [1.807, 2.05) is 0 Å². The molecule has 2 aromatic carbocycles. The molecule has 0 bridgehead atoms. The number of rotatable bonds is 5. The summed E-state index contributed by atoms with van der Waals surface area (Å²) in [5, 5.41) is 5.18. The summed E-state index contributed by atoms with van der Waals surface area (Å²) < 4.78 is 51.0. The van der Waals surface area contributed by atoms with Crippen molar-refractivity contribution in [2.45, 2.75) is 12.6 Å². The Kier molecular flexibility index (Phi) is 5.66. The van der Waals surface area contributed by atoms with Gasteiger partial charge in [0.25, 0.3) is 0 Å². The number of alkyl halides is 3. The number of hydrogen-bond acceptors (Lipinski definition) is 2. The van der Waals surface area contributed by atoms with Crippen LogP contribution in [0.4, 0.5) is 28.9 Å². The highest BCUT2D eigenvalue weighted by Crippen LogP contribution is 2.33. The lowest BCUT2D eigenvalue weighted by molar-refractivity contribution is -0.137. The molecule has 0 radical (unpaired) electrons. The first-order chi connectivity index (χ1) is 11.3. The minimum absolute atomic E-state index is 0.00874. The van der Waals surface area contributed by atoms with Crippen molar-refractivity contribution >= 4 is 28.9 Å². The lowest BCUT2D eigenvalue weighted by Crippen LogP contribution is -2.17. The molecule has 0 aliphatic heterocycles. The molecule has 0 saturated heterocycles. The van der Waals surface area contributed by atoms with Gasteiger partial charge in [-0.2, -0.15) is 13.2 Å². The van der Waals surface area contributed by atoms with E-state index in [0.717, 1.165) is 18.2 Å². The predicted molar refractivity (Wildman–Crippen MR) is 84.6 cm³/mol. The number of amides is 1. The average molecular weight is 361 g/mol. The molecular weight excluding hydrogens is 348 g/mol. The monoisotopic (exact) mass is 360 g/mol. The molecule has 0 heterocycles. The summed E-state index contributed by atoms with van der Waals surface area (Å²) in [5.74, 6) is -0.930. The van der Waals surface area contributed by atoms with Crippen molar-refractivity contribution in [2.75, 3.05) is 17.2 Å². The summed E-state index contributed by atoms with van der Waals surface area (Å²) in [5.41, 5.74) is -0.512. The molecule has 2 aromatic rings. The normalized spacial score (nSPS) is 11.2. The molecule has 0 unspecified atom stereocenters. The molecule has 2 rings (SSSR count). The van der Waals surface area contributed by atoms with Crippen LogP contribution in [-0.4, -0.2) is 12.5 Å². The summed E-state index contributed by atoms with van der Waals surface area (Å²) in [7, 11) is 0. The van der Waals surface area contributed by atoms with Crippen LogP contribution in [-0.2, 0) is 11.0 Å². The summed E-state index contributed by atoms with van der Waals surface area (Å²) in [6.45, 7) is 0.186. The third-order valence-electron chi connectivity index (χ3n) is 3.07. The van der Waals surface area contributed by atoms with E-state index in [1.54, 1.807) is 6.07 Å². The largest absolute Gasteiger partial charge is 0.416 e. The number of halogens is 5. The Labute approximate surface area is 140 Å². The van der Waals surface area contributed by atoms with Crippen LogP contribution in [0.5, 0.6) is 0 Å². The summed E-state index contributed by atoms with van der Waals surface area (Å²) in [6.07, 6.45) is -4.55. The van der Waals surface area contributed by atoms with Crippen molar-refractivity contribution in [3.05, 3.63) is 58.9 Å². The predicted octanol–water partition coefficient (Wildman–Crippen LogP) is 4.94. The van der Waals surface area contributed by atoms with E-state index in [0.29, 0.717) is 5.69 Å². The van der Waals surface area contributed by atoms with Gasteiger partial charge in [-0.05, 0) is 36.4 Å². The van der Waals surface area contributed by atoms with Gasteiger partial charge in [0.15, 0.2) is 0 Å². The second-order valence-electron chi connectivity index (χ2n) is 4.93. The number of carbonyl (C=O) groups is 1. The van der Waals surface area contributed by atoms with Crippen molar-refractivity contribution in [1.82, 2.24) is 0 Å². The van der Waals surface area contributed by atoms with E-state index in [-0.39, 0.29) is 23.7 Å². The number of benzene rings is 2. The maximum Gasteiger partial charge on any atom is 0.416 e. The van der Waals surface area contributed by atoms with Gasteiger partial charge in [0.05, 0.1) is 16.3 Å². The zero-order valence-electron chi connectivity index (χ0n) is 12.3. The lowest BCUT2D eigenvalue weighted by Gasteiger charge is -2.12. The van der Waals surface area contributed by atoms with Gasteiger partial charge in [-0.15, -0.1) is 0 Å². The molecule has 0 saturated carbocycles. The SMILES string of the molecule is O=C(CCNc1cccc(F)c1)Nc1cc(C(F)(F)F)ccc1Cl. The fourth-order valence-electron chi connectivity index (χ4n) is 1.93. The molecule has 0 fully saturated rings. The first-order valence-electron chi connectivity index (χ1n) is 6.92. The van der Waals surface area contributed by atoms with Crippen LogP contribution < -0.4 is 10.6 Å².